The Balaban J connectivity index is 0.000000854. The molecule has 0 unspecified atom stereocenters. The van der Waals surface area contributed by atoms with Gasteiger partial charge in [0, 0.05) is 84.3 Å². The third kappa shape index (κ3) is 24.7. The molecule has 17 heteroatoms. The van der Waals surface area contributed by atoms with Gasteiger partial charge >= 0.3 is 41.5 Å². The molecule has 0 amide bonds. The molecule has 2 heterocycles. The molecule has 4 aromatic rings. The van der Waals surface area contributed by atoms with Crippen LogP contribution in [0.25, 0.3) is 11.1 Å². The molecule has 2 aliphatic rings. The van der Waals surface area contributed by atoms with Gasteiger partial charge in [-0.3, -0.25) is 29.5 Å². The molecule has 0 fully saturated rings. The fourth-order valence-electron chi connectivity index (χ4n) is 5.99. The van der Waals surface area contributed by atoms with Crippen molar-refractivity contribution in [2.45, 2.75) is 80.1 Å². The van der Waals surface area contributed by atoms with Crippen LogP contribution in [0.3, 0.4) is 0 Å². The number of allylic oxidation sites excluding steroid dienone is 2. The molecular weight excluding hydrogens is 814 g/mol. The van der Waals surface area contributed by atoms with Crippen molar-refractivity contribution in [2.24, 2.45) is 0 Å². The van der Waals surface area contributed by atoms with Gasteiger partial charge in [0.05, 0.1) is 11.4 Å². The Morgan fingerprint density at radius 3 is 1.49 bits per heavy atom. The topological polar surface area (TPSA) is 200 Å². The van der Waals surface area contributed by atoms with Gasteiger partial charge in [-0.15, -0.1) is 0 Å². The van der Waals surface area contributed by atoms with E-state index in [2.05, 4.69) is 115 Å². The second-order valence-corrected chi connectivity index (χ2v) is 13.6. The number of fused-ring (bicyclic) bond motifs is 2. The number of hydrogen-bond acceptors (Lipinski definition) is 14. The molecule has 15 nitrogen and oxygen atoms in total. The van der Waals surface area contributed by atoms with Gasteiger partial charge in [-0.1, -0.05) is 66.6 Å². The van der Waals surface area contributed by atoms with Gasteiger partial charge in [0.1, 0.15) is 6.29 Å². The Bertz CT molecular complexity index is 2040. The van der Waals surface area contributed by atoms with E-state index in [-0.39, 0.29) is 29.6 Å². The molecule has 2 aliphatic carbocycles. The van der Waals surface area contributed by atoms with Gasteiger partial charge in [-0.2, -0.15) is 0 Å². The minimum atomic E-state index is -0.833. The number of carbonyl (C=O) groups is 5. The maximum absolute atomic E-state index is 9.85. The summed E-state index contributed by atoms with van der Waals surface area (Å²) in [5.41, 5.74) is 13.8. The largest absolute Gasteiger partial charge is 1.00 e. The number of carboxylic acids is 1. The van der Waals surface area contributed by atoms with Gasteiger partial charge in [-0.25, -0.2) is 19.4 Å². The summed E-state index contributed by atoms with van der Waals surface area (Å²) in [5, 5.41) is 10.7. The number of nitrogens with zero attached hydrogens (tertiary/aromatic N) is 5. The molecular formula is C46H59BN6NaO9. The summed E-state index contributed by atoms with van der Waals surface area (Å²) in [6, 6.07) is 17.5. The molecule has 0 spiro atoms. The Labute approximate surface area is 394 Å². The third-order valence-corrected chi connectivity index (χ3v) is 8.75. The molecule has 2 N–H and O–H groups in total. The van der Waals surface area contributed by atoms with Crippen molar-refractivity contribution >= 4 is 49.4 Å². The van der Waals surface area contributed by atoms with Crippen LogP contribution in [0, 0.1) is 0 Å². The van der Waals surface area contributed by atoms with Gasteiger partial charge in [-0.05, 0) is 93.2 Å². The van der Waals surface area contributed by atoms with Gasteiger partial charge in [0.15, 0.2) is 0 Å². The zero-order valence-corrected chi connectivity index (χ0v) is 40.1. The number of rotatable bonds is 11. The molecule has 3 radical (unpaired) electrons. The zero-order chi connectivity index (χ0) is 46.3. The first kappa shape index (κ1) is 57.6. The molecule has 0 saturated carbocycles. The van der Waals surface area contributed by atoms with Crippen molar-refractivity contribution in [3.8, 4) is 0 Å². The average Bonchev–Trinajstić information content (AvgIpc) is 3.79. The quantitative estimate of drug-likeness (QED) is 0.0964. The fraction of sp³-hybridized carbons (Fsp3) is 0.370. The third-order valence-electron chi connectivity index (χ3n) is 8.75. The smallest absolute Gasteiger partial charge is 0.793 e. The van der Waals surface area contributed by atoms with E-state index in [9.17, 15) is 14.4 Å². The number of hydrogen-bond donors (Lipinski definition) is 2. The van der Waals surface area contributed by atoms with Crippen LogP contribution >= 0.6 is 0 Å². The van der Waals surface area contributed by atoms with Crippen LogP contribution in [-0.4, -0.2) is 102 Å². The van der Waals surface area contributed by atoms with E-state index in [1.54, 1.807) is 30.4 Å². The SMILES string of the molecule is CC(=O)O.CC(=O)OOC(C)=O.CC=O.CCN(C)CCC1=C(Cc2cnccn2)c2ccccc2C1.CNCCC1=C(Cc2cnccn2)c2ccccc2C1.[B-]OC(C)=O.[Na+]. The van der Waals surface area contributed by atoms with Crippen LogP contribution < -0.4 is 34.9 Å². The predicted octanol–water partition coefficient (Wildman–Crippen LogP) is 2.97. The van der Waals surface area contributed by atoms with Crippen molar-refractivity contribution in [2.75, 3.05) is 33.7 Å². The summed E-state index contributed by atoms with van der Waals surface area (Å²) in [7, 11) is 8.51. The number of aliphatic carboxylic acids is 1. The second kappa shape index (κ2) is 34.1. The summed E-state index contributed by atoms with van der Waals surface area (Å²) in [5.74, 6) is -2.58. The first-order valence-corrected chi connectivity index (χ1v) is 19.9. The van der Waals surface area contributed by atoms with E-state index in [1.165, 1.54) is 52.8 Å². The maximum atomic E-state index is 9.85. The normalized spacial score (nSPS) is 11.3. The van der Waals surface area contributed by atoms with Crippen molar-refractivity contribution in [3.05, 3.63) is 130 Å². The molecule has 0 saturated heterocycles. The van der Waals surface area contributed by atoms with Gasteiger partial charge in [0.2, 0.25) is 5.97 Å². The predicted molar refractivity (Wildman–Crippen MR) is 238 cm³/mol. The Morgan fingerprint density at radius 1 is 0.762 bits per heavy atom. The Morgan fingerprint density at radius 2 is 1.16 bits per heavy atom. The van der Waals surface area contributed by atoms with Crippen molar-refractivity contribution in [1.82, 2.24) is 30.2 Å². The van der Waals surface area contributed by atoms with E-state index in [0.29, 0.717) is 0 Å². The first-order valence-electron chi connectivity index (χ1n) is 19.9. The van der Waals surface area contributed by atoms with Crippen LogP contribution in [0.2, 0.25) is 0 Å². The van der Waals surface area contributed by atoms with E-state index in [0.717, 1.165) is 96.6 Å². The number of aromatic nitrogens is 4. The van der Waals surface area contributed by atoms with Crippen LogP contribution in [0.5, 0.6) is 0 Å². The van der Waals surface area contributed by atoms with Crippen molar-refractivity contribution in [3.63, 3.8) is 0 Å². The number of aldehydes is 1. The monoisotopic (exact) mass is 873 g/mol. The second-order valence-electron chi connectivity index (χ2n) is 13.6. The molecule has 331 valence electrons. The number of benzene rings is 2. The molecule has 0 bridgehead atoms. The summed E-state index contributed by atoms with van der Waals surface area (Å²) < 4.78 is 3.61. The van der Waals surface area contributed by atoms with E-state index in [1.807, 2.05) is 19.4 Å². The average molecular weight is 874 g/mol. The molecule has 0 aliphatic heterocycles. The summed E-state index contributed by atoms with van der Waals surface area (Å²) in [4.78, 5) is 74.2. The van der Waals surface area contributed by atoms with E-state index in [4.69, 9.17) is 14.7 Å². The fourth-order valence-corrected chi connectivity index (χ4v) is 5.99. The standard InChI is InChI=1S/C19H23N3.C17H19N3.C4H6O4.C2H3BO2.C2H4O2.C2H4O.Na/c1-3-22(2)11-8-16-12-15-6-4-5-7-18(15)19(16)13-17-14-20-9-10-21-17;1-18-7-6-14-10-13-4-2-3-5-16(13)17(14)11-15-12-19-8-9-20-15;1-3(5)7-8-4(2)6;1-2(4)5-3;1-2(3)4;1-2-3;/h4-7,9-10,14H,3,8,11-13H2,1-2H3;2-5,8-9,12,18H,6-7,10-11H2,1H3;1-2H3;1H3;1H3,(H,3,4);2H,1H3;/q;;;-1;;;+1. The molecule has 0 atom stereocenters. The Hall–Kier alpha value is -5.39. The summed E-state index contributed by atoms with van der Waals surface area (Å²) in [6.07, 6.45) is 17.7. The van der Waals surface area contributed by atoms with Gasteiger partial charge in [0.25, 0.3) is 5.97 Å². The van der Waals surface area contributed by atoms with Crippen LogP contribution in [-0.2, 0) is 64.1 Å². The zero-order valence-electron chi connectivity index (χ0n) is 38.1. The number of carbonyl (C=O) groups excluding carboxylic acids is 4. The van der Waals surface area contributed by atoms with Crippen molar-refractivity contribution in [1.29, 1.82) is 0 Å². The number of carboxylic acid groups (broad SMARTS) is 1. The minimum absolute atomic E-state index is 0. The maximum Gasteiger partial charge on any atom is 1.00 e. The number of nitrogens with one attached hydrogen (secondary N) is 1. The van der Waals surface area contributed by atoms with Crippen LogP contribution in [0.1, 0.15) is 88.0 Å². The van der Waals surface area contributed by atoms with Crippen molar-refractivity contribution < 1.29 is 73.1 Å². The summed E-state index contributed by atoms with van der Waals surface area (Å²) in [6.45, 7) is 11.5. The molecule has 6 rings (SSSR count). The van der Waals surface area contributed by atoms with Crippen LogP contribution in [0.15, 0.2) is 96.9 Å². The van der Waals surface area contributed by atoms with E-state index < -0.39 is 23.9 Å². The minimum Gasteiger partial charge on any atom is -0.793 e. The summed E-state index contributed by atoms with van der Waals surface area (Å²) >= 11 is 0. The molecule has 63 heavy (non-hydrogen) atoms. The van der Waals surface area contributed by atoms with E-state index >= 15 is 0 Å². The first-order chi connectivity index (χ1) is 29.7. The van der Waals surface area contributed by atoms with Crippen LogP contribution in [0.4, 0.5) is 0 Å². The molecule has 2 aromatic heterocycles. The Kier molecular flexibility index (Phi) is 31.2. The molecule has 2 aromatic carbocycles. The van der Waals surface area contributed by atoms with Gasteiger partial charge < -0.3 is 32.8 Å².